The van der Waals surface area contributed by atoms with Gasteiger partial charge in [-0.2, -0.15) is 0 Å². The van der Waals surface area contributed by atoms with E-state index >= 15 is 0 Å². The summed E-state index contributed by atoms with van der Waals surface area (Å²) in [4.78, 5) is 0. The molecule has 0 fully saturated rings. The summed E-state index contributed by atoms with van der Waals surface area (Å²) in [5, 5.41) is 0. The van der Waals surface area contributed by atoms with Crippen molar-refractivity contribution < 1.29 is 9.47 Å². The van der Waals surface area contributed by atoms with Gasteiger partial charge in [-0.3, -0.25) is 0 Å². The summed E-state index contributed by atoms with van der Waals surface area (Å²) in [5.74, 6) is 1.64. The Morgan fingerprint density at radius 3 is 2.50 bits per heavy atom. The van der Waals surface area contributed by atoms with Gasteiger partial charge in [0.05, 0.1) is 7.11 Å². The van der Waals surface area contributed by atoms with E-state index < -0.39 is 0 Å². The summed E-state index contributed by atoms with van der Waals surface area (Å²) in [6, 6.07) is 14.1. The van der Waals surface area contributed by atoms with Crippen LogP contribution in [0.5, 0.6) is 11.5 Å². The molecule has 0 aliphatic heterocycles. The van der Waals surface area contributed by atoms with Crippen molar-refractivity contribution >= 4 is 0 Å². The molecule has 0 saturated heterocycles. The van der Waals surface area contributed by atoms with E-state index in [9.17, 15) is 0 Å². The third kappa shape index (κ3) is 3.04. The van der Waals surface area contributed by atoms with E-state index in [0.29, 0.717) is 6.61 Å². The van der Waals surface area contributed by atoms with Crippen molar-refractivity contribution in [3.63, 3.8) is 0 Å². The SMILES string of the molecule is COc1cccc(OCc2cc(C)ccc2C)c1. The predicted molar refractivity (Wildman–Crippen MR) is 73.2 cm³/mol. The average Bonchev–Trinajstić information content (AvgIpc) is 2.40. The lowest BCUT2D eigenvalue weighted by Crippen LogP contribution is -1.98. The fraction of sp³-hybridized carbons (Fsp3) is 0.250. The van der Waals surface area contributed by atoms with E-state index in [0.717, 1.165) is 11.5 Å². The van der Waals surface area contributed by atoms with Crippen LogP contribution in [0.2, 0.25) is 0 Å². The summed E-state index contributed by atoms with van der Waals surface area (Å²) in [6.45, 7) is 4.78. The molecule has 2 rings (SSSR count). The lowest BCUT2D eigenvalue weighted by molar-refractivity contribution is 0.303. The predicted octanol–water partition coefficient (Wildman–Crippen LogP) is 3.89. The van der Waals surface area contributed by atoms with E-state index in [1.54, 1.807) is 7.11 Å². The van der Waals surface area contributed by atoms with Crippen LogP contribution in [0.4, 0.5) is 0 Å². The Hall–Kier alpha value is -1.96. The third-order valence-electron chi connectivity index (χ3n) is 2.94. The second kappa shape index (κ2) is 5.58. The molecule has 18 heavy (non-hydrogen) atoms. The minimum Gasteiger partial charge on any atom is -0.497 e. The fourth-order valence-corrected chi connectivity index (χ4v) is 1.81. The Bertz CT molecular complexity index is 532. The molecule has 0 radical (unpaired) electrons. The zero-order valence-corrected chi connectivity index (χ0v) is 11.1. The van der Waals surface area contributed by atoms with Crippen LogP contribution in [0.15, 0.2) is 42.5 Å². The Morgan fingerprint density at radius 2 is 1.72 bits per heavy atom. The number of rotatable bonds is 4. The fourth-order valence-electron chi connectivity index (χ4n) is 1.81. The molecule has 0 spiro atoms. The van der Waals surface area contributed by atoms with E-state index in [1.165, 1.54) is 16.7 Å². The van der Waals surface area contributed by atoms with Gasteiger partial charge in [-0.15, -0.1) is 0 Å². The van der Waals surface area contributed by atoms with Crippen LogP contribution in [0.1, 0.15) is 16.7 Å². The van der Waals surface area contributed by atoms with Gasteiger partial charge < -0.3 is 9.47 Å². The quantitative estimate of drug-likeness (QED) is 0.809. The molecule has 2 aromatic rings. The van der Waals surface area contributed by atoms with Crippen LogP contribution in [-0.4, -0.2) is 7.11 Å². The van der Waals surface area contributed by atoms with Crippen LogP contribution >= 0.6 is 0 Å². The van der Waals surface area contributed by atoms with Crippen molar-refractivity contribution in [2.45, 2.75) is 20.5 Å². The maximum Gasteiger partial charge on any atom is 0.123 e. The van der Waals surface area contributed by atoms with Crippen LogP contribution in [-0.2, 0) is 6.61 Å². The number of methoxy groups -OCH3 is 1. The van der Waals surface area contributed by atoms with Crippen LogP contribution in [0.25, 0.3) is 0 Å². The second-order valence-corrected chi connectivity index (χ2v) is 4.40. The smallest absolute Gasteiger partial charge is 0.123 e. The Labute approximate surface area is 108 Å². The molecular weight excluding hydrogens is 224 g/mol. The molecule has 94 valence electrons. The zero-order chi connectivity index (χ0) is 13.0. The molecule has 2 nitrogen and oxygen atoms in total. The Kier molecular flexibility index (Phi) is 3.88. The van der Waals surface area contributed by atoms with Gasteiger partial charge in [-0.25, -0.2) is 0 Å². The van der Waals surface area contributed by atoms with Gasteiger partial charge in [0, 0.05) is 6.07 Å². The number of benzene rings is 2. The lowest BCUT2D eigenvalue weighted by atomic mass is 10.1. The van der Waals surface area contributed by atoms with Crippen molar-refractivity contribution in [1.29, 1.82) is 0 Å². The van der Waals surface area contributed by atoms with Crippen molar-refractivity contribution in [3.8, 4) is 11.5 Å². The van der Waals surface area contributed by atoms with E-state index in [-0.39, 0.29) is 0 Å². The summed E-state index contributed by atoms with van der Waals surface area (Å²) in [7, 11) is 1.66. The van der Waals surface area contributed by atoms with Gasteiger partial charge in [-0.1, -0.05) is 29.8 Å². The molecule has 0 aromatic heterocycles. The molecule has 2 aromatic carbocycles. The summed E-state index contributed by atoms with van der Waals surface area (Å²) >= 11 is 0. The first kappa shape index (κ1) is 12.5. The minimum absolute atomic E-state index is 0.584. The highest BCUT2D eigenvalue weighted by molar-refractivity contribution is 5.34. The van der Waals surface area contributed by atoms with Gasteiger partial charge in [-0.05, 0) is 37.1 Å². The standard InChI is InChI=1S/C16H18O2/c1-12-7-8-13(2)14(9-12)11-18-16-6-4-5-15(10-16)17-3/h4-10H,11H2,1-3H3. The van der Waals surface area contributed by atoms with Crippen molar-refractivity contribution in [1.82, 2.24) is 0 Å². The molecule has 0 unspecified atom stereocenters. The maximum atomic E-state index is 5.79. The topological polar surface area (TPSA) is 18.5 Å². The zero-order valence-electron chi connectivity index (χ0n) is 11.1. The molecule has 2 heteroatoms. The largest absolute Gasteiger partial charge is 0.497 e. The number of ether oxygens (including phenoxy) is 2. The van der Waals surface area contributed by atoms with Gasteiger partial charge in [0.25, 0.3) is 0 Å². The van der Waals surface area contributed by atoms with E-state index in [1.807, 2.05) is 24.3 Å². The van der Waals surface area contributed by atoms with Crippen molar-refractivity contribution in [2.24, 2.45) is 0 Å². The summed E-state index contributed by atoms with van der Waals surface area (Å²) in [5.41, 5.74) is 3.73. The first-order valence-corrected chi connectivity index (χ1v) is 6.02. The highest BCUT2D eigenvalue weighted by atomic mass is 16.5. The van der Waals surface area contributed by atoms with E-state index in [4.69, 9.17) is 9.47 Å². The maximum absolute atomic E-state index is 5.79. The highest BCUT2D eigenvalue weighted by Crippen LogP contribution is 2.20. The highest BCUT2D eigenvalue weighted by Gasteiger charge is 2.01. The van der Waals surface area contributed by atoms with Crippen molar-refractivity contribution in [3.05, 3.63) is 59.2 Å². The third-order valence-corrected chi connectivity index (χ3v) is 2.94. The Morgan fingerprint density at radius 1 is 0.944 bits per heavy atom. The monoisotopic (exact) mass is 242 g/mol. The van der Waals surface area contributed by atoms with Crippen LogP contribution in [0, 0.1) is 13.8 Å². The second-order valence-electron chi connectivity index (χ2n) is 4.40. The van der Waals surface area contributed by atoms with Gasteiger partial charge in [0.1, 0.15) is 18.1 Å². The van der Waals surface area contributed by atoms with E-state index in [2.05, 4.69) is 32.0 Å². The van der Waals surface area contributed by atoms with Crippen LogP contribution < -0.4 is 9.47 Å². The normalized spacial score (nSPS) is 10.2. The lowest BCUT2D eigenvalue weighted by Gasteiger charge is -2.10. The van der Waals surface area contributed by atoms with Gasteiger partial charge >= 0.3 is 0 Å². The van der Waals surface area contributed by atoms with Gasteiger partial charge in [0.15, 0.2) is 0 Å². The Balaban J connectivity index is 2.08. The van der Waals surface area contributed by atoms with Crippen molar-refractivity contribution in [2.75, 3.05) is 7.11 Å². The first-order valence-electron chi connectivity index (χ1n) is 6.02. The molecule has 0 amide bonds. The number of hydrogen-bond acceptors (Lipinski definition) is 2. The molecule has 0 aliphatic rings. The summed E-state index contributed by atoms with van der Waals surface area (Å²) in [6.07, 6.45) is 0. The molecular formula is C16H18O2. The minimum atomic E-state index is 0.584. The number of hydrogen-bond donors (Lipinski definition) is 0. The summed E-state index contributed by atoms with van der Waals surface area (Å²) < 4.78 is 11.0. The number of aryl methyl sites for hydroxylation is 2. The van der Waals surface area contributed by atoms with Gasteiger partial charge in [0.2, 0.25) is 0 Å². The molecule has 0 heterocycles. The first-order chi connectivity index (χ1) is 8.69. The molecule has 0 N–H and O–H groups in total. The molecule has 0 atom stereocenters. The average molecular weight is 242 g/mol. The molecule has 0 saturated carbocycles. The molecule has 0 aliphatic carbocycles. The van der Waals surface area contributed by atoms with Crippen LogP contribution in [0.3, 0.4) is 0 Å². The molecule has 0 bridgehead atoms.